The third kappa shape index (κ3) is 5.75. The molecule has 23 heavy (non-hydrogen) atoms. The molecule has 2 atom stereocenters. The van der Waals surface area contributed by atoms with Crippen molar-refractivity contribution in [2.24, 2.45) is 11.7 Å². The normalized spacial score (nSPS) is 14.8. The Hall–Kier alpha value is -1.75. The molecule has 1 aromatic carbocycles. The van der Waals surface area contributed by atoms with Crippen LogP contribution in [0, 0.1) is 5.92 Å². The molecule has 5 nitrogen and oxygen atoms in total. The summed E-state index contributed by atoms with van der Waals surface area (Å²) >= 11 is 0. The van der Waals surface area contributed by atoms with E-state index in [1.165, 1.54) is 0 Å². The lowest BCUT2D eigenvalue weighted by molar-refractivity contribution is -0.143. The monoisotopic (exact) mass is 323 g/mol. The molecular formula is C18H29NO4. The summed E-state index contributed by atoms with van der Waals surface area (Å²) in [4.78, 5) is 11.2. The Morgan fingerprint density at radius 1 is 1.22 bits per heavy atom. The van der Waals surface area contributed by atoms with E-state index in [-0.39, 0.29) is 5.92 Å². The van der Waals surface area contributed by atoms with Gasteiger partial charge < -0.3 is 20.3 Å². The molecule has 0 amide bonds. The molecule has 0 radical (unpaired) electrons. The quantitative estimate of drug-likeness (QED) is 0.691. The summed E-state index contributed by atoms with van der Waals surface area (Å²) in [6.45, 7) is 8.65. The molecule has 0 saturated heterocycles. The fourth-order valence-electron chi connectivity index (χ4n) is 2.60. The van der Waals surface area contributed by atoms with Gasteiger partial charge in [0.25, 0.3) is 0 Å². The predicted molar refractivity (Wildman–Crippen MR) is 91.1 cm³/mol. The number of hydrogen-bond acceptors (Lipinski definition) is 4. The van der Waals surface area contributed by atoms with Crippen molar-refractivity contribution in [1.29, 1.82) is 0 Å². The van der Waals surface area contributed by atoms with Crippen LogP contribution in [0.1, 0.15) is 46.1 Å². The van der Waals surface area contributed by atoms with Crippen molar-refractivity contribution in [3.8, 4) is 11.5 Å². The molecule has 0 aliphatic rings. The van der Waals surface area contributed by atoms with E-state index >= 15 is 0 Å². The molecule has 0 aliphatic carbocycles. The summed E-state index contributed by atoms with van der Waals surface area (Å²) in [5.41, 5.74) is 5.79. The molecule has 0 spiro atoms. The maximum Gasteiger partial charge on any atom is 0.323 e. The summed E-state index contributed by atoms with van der Waals surface area (Å²) in [6.07, 6.45) is 2.08. The minimum Gasteiger partial charge on any atom is -0.490 e. The Labute approximate surface area is 138 Å². The SMILES string of the molecule is CCOc1ccc(CC(CC)CC(C)(N)C(=O)O)cc1OCC. The molecule has 0 fully saturated rings. The highest BCUT2D eigenvalue weighted by Crippen LogP contribution is 2.31. The van der Waals surface area contributed by atoms with Crippen LogP contribution in [0.25, 0.3) is 0 Å². The number of carbonyl (C=O) groups is 1. The molecule has 0 aromatic heterocycles. The summed E-state index contributed by atoms with van der Waals surface area (Å²) < 4.78 is 11.2. The van der Waals surface area contributed by atoms with Gasteiger partial charge >= 0.3 is 5.97 Å². The fourth-order valence-corrected chi connectivity index (χ4v) is 2.60. The van der Waals surface area contributed by atoms with Crippen molar-refractivity contribution in [2.45, 2.75) is 52.5 Å². The van der Waals surface area contributed by atoms with Gasteiger partial charge in [0.2, 0.25) is 0 Å². The van der Waals surface area contributed by atoms with Crippen molar-refractivity contribution in [1.82, 2.24) is 0 Å². The number of carboxylic acids is 1. The number of nitrogens with two attached hydrogens (primary N) is 1. The van der Waals surface area contributed by atoms with Gasteiger partial charge in [0.15, 0.2) is 11.5 Å². The Morgan fingerprint density at radius 2 is 1.83 bits per heavy atom. The van der Waals surface area contributed by atoms with Gasteiger partial charge in [-0.2, -0.15) is 0 Å². The van der Waals surface area contributed by atoms with E-state index in [1.54, 1.807) is 6.92 Å². The standard InChI is InChI=1S/C18H29NO4/c1-5-13(12-18(4,19)17(20)21)10-14-8-9-15(22-6-2)16(11-14)23-7-3/h8-9,11,13H,5-7,10,12,19H2,1-4H3,(H,20,21). The highest BCUT2D eigenvalue weighted by atomic mass is 16.5. The predicted octanol–water partition coefficient (Wildman–Crippen LogP) is 3.24. The second-order valence-corrected chi connectivity index (χ2v) is 6.05. The molecule has 1 aromatic rings. The van der Waals surface area contributed by atoms with Gasteiger partial charge in [-0.25, -0.2) is 0 Å². The maximum absolute atomic E-state index is 11.2. The van der Waals surface area contributed by atoms with Gasteiger partial charge in [-0.05, 0) is 57.2 Å². The van der Waals surface area contributed by atoms with Gasteiger partial charge in [-0.1, -0.05) is 19.4 Å². The summed E-state index contributed by atoms with van der Waals surface area (Å²) in [7, 11) is 0. The average molecular weight is 323 g/mol. The lowest BCUT2D eigenvalue weighted by Gasteiger charge is -2.25. The van der Waals surface area contributed by atoms with Crippen LogP contribution in [0.3, 0.4) is 0 Å². The van der Waals surface area contributed by atoms with E-state index < -0.39 is 11.5 Å². The van der Waals surface area contributed by atoms with Crippen molar-refractivity contribution < 1.29 is 19.4 Å². The minimum absolute atomic E-state index is 0.202. The van der Waals surface area contributed by atoms with E-state index in [1.807, 2.05) is 32.0 Å². The molecule has 0 bridgehead atoms. The molecule has 0 heterocycles. The molecule has 1 rings (SSSR count). The Morgan fingerprint density at radius 3 is 2.35 bits per heavy atom. The Kier molecular flexibility index (Phi) is 7.36. The van der Waals surface area contributed by atoms with Gasteiger partial charge in [-0.15, -0.1) is 0 Å². The van der Waals surface area contributed by atoms with Crippen LogP contribution in [0.4, 0.5) is 0 Å². The second kappa shape index (κ2) is 8.77. The first-order valence-corrected chi connectivity index (χ1v) is 8.24. The van der Waals surface area contributed by atoms with Crippen molar-refractivity contribution in [3.63, 3.8) is 0 Å². The van der Waals surface area contributed by atoms with Crippen LogP contribution in [0.2, 0.25) is 0 Å². The van der Waals surface area contributed by atoms with Crippen molar-refractivity contribution in [2.75, 3.05) is 13.2 Å². The van der Waals surface area contributed by atoms with E-state index in [0.717, 1.165) is 29.9 Å². The third-order valence-corrected chi connectivity index (χ3v) is 3.91. The number of carboxylic acid groups (broad SMARTS) is 1. The number of ether oxygens (including phenoxy) is 2. The van der Waals surface area contributed by atoms with Crippen LogP contribution in [-0.4, -0.2) is 29.8 Å². The summed E-state index contributed by atoms with van der Waals surface area (Å²) in [5.74, 6) is 0.710. The third-order valence-electron chi connectivity index (χ3n) is 3.91. The number of aliphatic carboxylic acids is 1. The molecular weight excluding hydrogens is 294 g/mol. The molecule has 0 saturated carbocycles. The number of benzene rings is 1. The van der Waals surface area contributed by atoms with Crippen LogP contribution < -0.4 is 15.2 Å². The molecule has 0 aliphatic heterocycles. The lowest BCUT2D eigenvalue weighted by atomic mass is 9.84. The van der Waals surface area contributed by atoms with Gasteiger partial charge in [0.1, 0.15) is 5.54 Å². The zero-order valence-electron chi connectivity index (χ0n) is 14.6. The van der Waals surface area contributed by atoms with Gasteiger partial charge in [-0.3, -0.25) is 4.79 Å². The van der Waals surface area contributed by atoms with Crippen LogP contribution in [0.15, 0.2) is 18.2 Å². The summed E-state index contributed by atoms with van der Waals surface area (Å²) in [5, 5.41) is 9.20. The minimum atomic E-state index is -1.20. The van der Waals surface area contributed by atoms with Crippen LogP contribution >= 0.6 is 0 Å². The van der Waals surface area contributed by atoms with E-state index in [0.29, 0.717) is 19.6 Å². The van der Waals surface area contributed by atoms with Crippen LogP contribution in [-0.2, 0) is 11.2 Å². The zero-order valence-corrected chi connectivity index (χ0v) is 14.6. The first kappa shape index (κ1) is 19.3. The first-order valence-electron chi connectivity index (χ1n) is 8.24. The highest BCUT2D eigenvalue weighted by molar-refractivity contribution is 5.77. The molecule has 2 unspecified atom stereocenters. The first-order chi connectivity index (χ1) is 10.8. The zero-order chi connectivity index (χ0) is 17.5. The summed E-state index contributed by atoms with van der Waals surface area (Å²) in [6, 6.07) is 5.89. The van der Waals surface area contributed by atoms with Crippen LogP contribution in [0.5, 0.6) is 11.5 Å². The lowest BCUT2D eigenvalue weighted by Crippen LogP contribution is -2.46. The largest absolute Gasteiger partial charge is 0.490 e. The van der Waals surface area contributed by atoms with Crippen molar-refractivity contribution in [3.05, 3.63) is 23.8 Å². The average Bonchev–Trinajstić information content (AvgIpc) is 2.49. The van der Waals surface area contributed by atoms with Crippen molar-refractivity contribution >= 4 is 5.97 Å². The smallest absolute Gasteiger partial charge is 0.323 e. The second-order valence-electron chi connectivity index (χ2n) is 6.05. The Balaban J connectivity index is 2.89. The highest BCUT2D eigenvalue weighted by Gasteiger charge is 2.30. The van der Waals surface area contributed by atoms with Gasteiger partial charge in [0, 0.05) is 0 Å². The van der Waals surface area contributed by atoms with E-state index in [2.05, 4.69) is 6.92 Å². The number of rotatable bonds is 10. The molecule has 5 heteroatoms. The van der Waals surface area contributed by atoms with Gasteiger partial charge in [0.05, 0.1) is 13.2 Å². The molecule has 130 valence electrons. The van der Waals surface area contributed by atoms with E-state index in [9.17, 15) is 9.90 Å². The number of hydrogen-bond donors (Lipinski definition) is 2. The fraction of sp³-hybridized carbons (Fsp3) is 0.611. The Bertz CT molecular complexity index is 514. The van der Waals surface area contributed by atoms with E-state index in [4.69, 9.17) is 15.2 Å². The topological polar surface area (TPSA) is 81.8 Å². The maximum atomic E-state index is 11.2. The molecule has 3 N–H and O–H groups in total.